The van der Waals surface area contributed by atoms with Gasteiger partial charge in [-0.25, -0.2) is 9.37 Å². The summed E-state index contributed by atoms with van der Waals surface area (Å²) in [6.07, 6.45) is 4.20. The zero-order valence-corrected chi connectivity index (χ0v) is 19.8. The maximum Gasteiger partial charge on any atom is 0.282 e. The van der Waals surface area contributed by atoms with Crippen LogP contribution in [0.1, 0.15) is 36.7 Å². The highest BCUT2D eigenvalue weighted by Gasteiger charge is 2.11. The van der Waals surface area contributed by atoms with Crippen molar-refractivity contribution >= 4 is 33.0 Å². The van der Waals surface area contributed by atoms with Crippen LogP contribution >= 0.6 is 15.9 Å². The van der Waals surface area contributed by atoms with Crippen molar-refractivity contribution in [1.29, 1.82) is 0 Å². The van der Waals surface area contributed by atoms with Crippen molar-refractivity contribution in [3.8, 4) is 5.75 Å². The molecule has 0 radical (unpaired) electrons. The Morgan fingerprint density at radius 1 is 1.12 bits per heavy atom. The molecule has 1 heterocycles. The molecule has 4 aromatic rings. The SMILES string of the molecule is CCCCc1nc2ccc(Br)cc2c(=O)n1N=Cc1ccc(OCc2ccccc2F)cc1. The number of hydrogen-bond acceptors (Lipinski definition) is 4. The number of unbranched alkanes of at least 4 members (excludes halogenated alkanes) is 1. The van der Waals surface area contributed by atoms with E-state index in [1.54, 1.807) is 42.6 Å². The topological polar surface area (TPSA) is 56.5 Å². The summed E-state index contributed by atoms with van der Waals surface area (Å²) in [7, 11) is 0. The van der Waals surface area contributed by atoms with Crippen LogP contribution in [-0.2, 0) is 13.0 Å². The van der Waals surface area contributed by atoms with E-state index in [4.69, 9.17) is 4.74 Å². The Morgan fingerprint density at radius 2 is 1.91 bits per heavy atom. The quantitative estimate of drug-likeness (QED) is 0.270. The summed E-state index contributed by atoms with van der Waals surface area (Å²) in [4.78, 5) is 17.8. The van der Waals surface area contributed by atoms with Crippen molar-refractivity contribution in [1.82, 2.24) is 9.66 Å². The Hall–Kier alpha value is -3.32. The first-order valence-electron chi connectivity index (χ1n) is 10.8. The fraction of sp³-hybridized carbons (Fsp3) is 0.192. The van der Waals surface area contributed by atoms with Gasteiger partial charge in [0.15, 0.2) is 0 Å². The van der Waals surface area contributed by atoms with E-state index < -0.39 is 0 Å². The first-order chi connectivity index (χ1) is 16.0. The summed E-state index contributed by atoms with van der Waals surface area (Å²) in [5, 5.41) is 4.97. The second-order valence-electron chi connectivity index (χ2n) is 7.60. The van der Waals surface area contributed by atoms with Crippen LogP contribution in [0.15, 0.2) is 81.1 Å². The van der Waals surface area contributed by atoms with Gasteiger partial charge in [0.1, 0.15) is 24.0 Å². The van der Waals surface area contributed by atoms with Crippen LogP contribution in [0.3, 0.4) is 0 Å². The average molecular weight is 508 g/mol. The lowest BCUT2D eigenvalue weighted by molar-refractivity contribution is 0.300. The smallest absolute Gasteiger partial charge is 0.282 e. The molecule has 0 fully saturated rings. The van der Waals surface area contributed by atoms with E-state index in [-0.39, 0.29) is 18.0 Å². The third-order valence-corrected chi connectivity index (χ3v) is 5.68. The lowest BCUT2D eigenvalue weighted by Gasteiger charge is -2.09. The van der Waals surface area contributed by atoms with E-state index in [0.29, 0.717) is 34.5 Å². The second kappa shape index (κ2) is 10.5. The van der Waals surface area contributed by atoms with Crippen molar-refractivity contribution in [2.75, 3.05) is 0 Å². The molecule has 33 heavy (non-hydrogen) atoms. The lowest BCUT2D eigenvalue weighted by atomic mass is 10.2. The number of benzene rings is 3. The van der Waals surface area contributed by atoms with Gasteiger partial charge < -0.3 is 4.74 Å². The lowest BCUT2D eigenvalue weighted by Crippen LogP contribution is -2.22. The van der Waals surface area contributed by atoms with Gasteiger partial charge in [-0.2, -0.15) is 9.78 Å². The fourth-order valence-corrected chi connectivity index (χ4v) is 3.72. The van der Waals surface area contributed by atoms with E-state index >= 15 is 0 Å². The Kier molecular flexibility index (Phi) is 7.29. The molecule has 0 saturated heterocycles. The van der Waals surface area contributed by atoms with Gasteiger partial charge >= 0.3 is 0 Å². The molecule has 4 rings (SSSR count). The maximum absolute atomic E-state index is 13.7. The number of hydrogen-bond donors (Lipinski definition) is 0. The highest BCUT2D eigenvalue weighted by Crippen LogP contribution is 2.17. The molecule has 0 aliphatic heterocycles. The Bertz CT molecular complexity index is 1350. The molecular weight excluding hydrogens is 485 g/mol. The number of halogens is 2. The monoisotopic (exact) mass is 507 g/mol. The molecule has 0 amide bonds. The van der Waals surface area contributed by atoms with E-state index in [0.717, 1.165) is 22.9 Å². The zero-order valence-electron chi connectivity index (χ0n) is 18.2. The number of aryl methyl sites for hydroxylation is 1. The molecule has 0 unspecified atom stereocenters. The average Bonchev–Trinajstić information content (AvgIpc) is 2.83. The van der Waals surface area contributed by atoms with Crippen LogP contribution in [0.5, 0.6) is 5.75 Å². The van der Waals surface area contributed by atoms with Gasteiger partial charge in [-0.05, 0) is 60.5 Å². The van der Waals surface area contributed by atoms with E-state index in [2.05, 4.69) is 32.9 Å². The van der Waals surface area contributed by atoms with E-state index in [1.807, 2.05) is 24.3 Å². The minimum atomic E-state index is -0.290. The van der Waals surface area contributed by atoms with Crippen LogP contribution in [0.25, 0.3) is 10.9 Å². The molecule has 7 heteroatoms. The summed E-state index contributed by atoms with van der Waals surface area (Å²) in [6.45, 7) is 2.24. The molecule has 0 atom stereocenters. The highest BCUT2D eigenvalue weighted by molar-refractivity contribution is 9.10. The summed E-state index contributed by atoms with van der Waals surface area (Å²) >= 11 is 3.42. The van der Waals surface area contributed by atoms with E-state index in [1.165, 1.54) is 10.7 Å². The summed E-state index contributed by atoms with van der Waals surface area (Å²) in [5.74, 6) is 0.966. The predicted molar refractivity (Wildman–Crippen MR) is 132 cm³/mol. The molecule has 0 N–H and O–H groups in total. The molecule has 168 valence electrons. The maximum atomic E-state index is 13.7. The van der Waals surface area contributed by atoms with Crippen LogP contribution in [0.2, 0.25) is 0 Å². The third kappa shape index (κ3) is 5.54. The van der Waals surface area contributed by atoms with Gasteiger partial charge in [0.05, 0.1) is 17.1 Å². The standard InChI is InChI=1S/C26H23BrFN3O2/c1-2-3-8-25-30-24-14-11-20(27)15-22(24)26(32)31(25)29-16-18-9-12-21(13-10-18)33-17-19-6-4-5-7-23(19)28/h4-7,9-16H,2-3,8,17H2,1H3. The van der Waals surface area contributed by atoms with Crippen LogP contribution < -0.4 is 10.3 Å². The fourth-order valence-electron chi connectivity index (χ4n) is 3.36. The van der Waals surface area contributed by atoms with Crippen LogP contribution in [-0.4, -0.2) is 15.9 Å². The van der Waals surface area contributed by atoms with Crippen LogP contribution in [0.4, 0.5) is 4.39 Å². The van der Waals surface area contributed by atoms with Crippen molar-refractivity contribution in [3.63, 3.8) is 0 Å². The Balaban J connectivity index is 1.56. The van der Waals surface area contributed by atoms with Gasteiger partial charge in [-0.1, -0.05) is 47.5 Å². The summed E-state index contributed by atoms with van der Waals surface area (Å²) in [5.41, 5.74) is 1.76. The minimum Gasteiger partial charge on any atom is -0.489 e. The molecule has 5 nitrogen and oxygen atoms in total. The molecule has 0 bridgehead atoms. The van der Waals surface area contributed by atoms with Crippen LogP contribution in [0, 0.1) is 5.82 Å². The number of ether oxygens (including phenoxy) is 1. The molecule has 0 aliphatic carbocycles. The highest BCUT2D eigenvalue weighted by atomic mass is 79.9. The van der Waals surface area contributed by atoms with Crippen molar-refractivity contribution in [2.24, 2.45) is 5.10 Å². The molecule has 0 saturated carbocycles. The number of nitrogens with zero attached hydrogens (tertiary/aromatic N) is 3. The largest absolute Gasteiger partial charge is 0.489 e. The van der Waals surface area contributed by atoms with Gasteiger partial charge in [-0.3, -0.25) is 4.79 Å². The number of fused-ring (bicyclic) bond motifs is 1. The van der Waals surface area contributed by atoms with Crippen molar-refractivity contribution in [2.45, 2.75) is 32.8 Å². The summed E-state index contributed by atoms with van der Waals surface area (Å²) < 4.78 is 21.6. The molecule has 0 spiro atoms. The number of aromatic nitrogens is 2. The summed E-state index contributed by atoms with van der Waals surface area (Å²) in [6, 6.07) is 19.3. The zero-order chi connectivity index (χ0) is 23.2. The van der Waals surface area contributed by atoms with Gasteiger partial charge in [0.25, 0.3) is 5.56 Å². The predicted octanol–water partition coefficient (Wildman–Crippen LogP) is 6.10. The third-order valence-electron chi connectivity index (χ3n) is 5.18. The van der Waals surface area contributed by atoms with Gasteiger partial charge in [0.2, 0.25) is 0 Å². The van der Waals surface area contributed by atoms with Gasteiger partial charge in [0, 0.05) is 16.5 Å². The number of rotatable bonds is 8. The Labute approximate surface area is 199 Å². The minimum absolute atomic E-state index is 0.147. The van der Waals surface area contributed by atoms with E-state index in [9.17, 15) is 9.18 Å². The van der Waals surface area contributed by atoms with Crippen molar-refractivity contribution < 1.29 is 9.13 Å². The van der Waals surface area contributed by atoms with Gasteiger partial charge in [-0.15, -0.1) is 0 Å². The molecule has 1 aromatic heterocycles. The first kappa shape index (κ1) is 22.9. The first-order valence-corrected chi connectivity index (χ1v) is 11.6. The molecular formula is C26H23BrFN3O2. The molecule has 0 aliphatic rings. The molecule has 3 aromatic carbocycles. The second-order valence-corrected chi connectivity index (χ2v) is 8.52. The Morgan fingerprint density at radius 3 is 2.67 bits per heavy atom. The normalized spacial score (nSPS) is 11.4. The van der Waals surface area contributed by atoms with Crippen molar-refractivity contribution in [3.05, 3.63) is 104 Å².